The molecule has 0 saturated carbocycles. The standard InChI is InChI=1S/C57H96O5/c1-4-7-10-13-16-19-22-25-27-29-30-33-35-38-41-44-47-50-56(58)61-54-55(62-57(59)51-48-45-42-39-36-32-24-21-18-15-12-9-6-3)53-60-52-49-46-43-40-37-34-31-28-26-23-20-17-14-11-8-5-2/h7,10,12,15-17,19-21,24-28,30,33,55H,4-6,8-9,11,13-14,18,22-23,29,31-32,34-54H2,1-3H3/b10-7-,15-12-,19-16-,20-17-,24-21-,27-25-,28-26-,33-30-. The molecule has 0 fully saturated rings. The maximum Gasteiger partial charge on any atom is 0.306 e. The van der Waals surface area contributed by atoms with Gasteiger partial charge in [0.1, 0.15) is 6.61 Å². The van der Waals surface area contributed by atoms with Gasteiger partial charge in [0.15, 0.2) is 6.10 Å². The highest BCUT2D eigenvalue weighted by Crippen LogP contribution is 2.12. The van der Waals surface area contributed by atoms with E-state index in [0.29, 0.717) is 19.4 Å². The van der Waals surface area contributed by atoms with Gasteiger partial charge in [-0.2, -0.15) is 0 Å². The van der Waals surface area contributed by atoms with E-state index in [4.69, 9.17) is 14.2 Å². The molecule has 0 rings (SSSR count). The number of hydrogen-bond acceptors (Lipinski definition) is 5. The fourth-order valence-corrected chi connectivity index (χ4v) is 6.74. The van der Waals surface area contributed by atoms with Crippen molar-refractivity contribution in [2.45, 2.75) is 232 Å². The average molecular weight is 861 g/mol. The van der Waals surface area contributed by atoms with Gasteiger partial charge in [-0.3, -0.25) is 9.59 Å². The van der Waals surface area contributed by atoms with Gasteiger partial charge in [0.25, 0.3) is 0 Å². The molecule has 0 heterocycles. The average Bonchev–Trinajstić information content (AvgIpc) is 3.27. The number of rotatable bonds is 46. The molecule has 354 valence electrons. The molecule has 0 aliphatic carbocycles. The highest BCUT2D eigenvalue weighted by Gasteiger charge is 2.17. The van der Waals surface area contributed by atoms with Crippen molar-refractivity contribution in [1.82, 2.24) is 0 Å². The normalized spacial score (nSPS) is 13.0. The lowest BCUT2D eigenvalue weighted by atomic mass is 10.1. The van der Waals surface area contributed by atoms with Crippen LogP contribution in [-0.2, 0) is 23.8 Å². The molecule has 1 atom stereocenters. The largest absolute Gasteiger partial charge is 0.462 e. The van der Waals surface area contributed by atoms with Crippen LogP contribution in [0.1, 0.15) is 226 Å². The smallest absolute Gasteiger partial charge is 0.306 e. The van der Waals surface area contributed by atoms with Crippen molar-refractivity contribution in [1.29, 1.82) is 0 Å². The highest BCUT2D eigenvalue weighted by atomic mass is 16.6. The number of allylic oxidation sites excluding steroid dienone is 16. The second-order valence-corrected chi connectivity index (χ2v) is 16.7. The van der Waals surface area contributed by atoms with E-state index in [2.05, 4.69) is 118 Å². The van der Waals surface area contributed by atoms with Crippen molar-refractivity contribution >= 4 is 11.9 Å². The van der Waals surface area contributed by atoms with Gasteiger partial charge in [0.05, 0.1) is 6.61 Å². The number of carbonyl (C=O) groups excluding carboxylic acids is 2. The Morgan fingerprint density at radius 2 is 0.758 bits per heavy atom. The molecule has 5 heteroatoms. The van der Waals surface area contributed by atoms with Crippen molar-refractivity contribution in [3.05, 3.63) is 97.2 Å². The van der Waals surface area contributed by atoms with E-state index in [1.165, 1.54) is 77.0 Å². The van der Waals surface area contributed by atoms with Gasteiger partial charge in [-0.1, -0.05) is 195 Å². The SMILES string of the molecule is CC/C=C\C/C=C\C/C=C\C/C=C\CCCCCCC(=O)OCC(COCCCCCCCC/C=C\C/C=C\CCCCC)OC(=O)CCCCCCC/C=C\C/C=C\CCC. The number of carbonyl (C=O) groups is 2. The third-order valence-electron chi connectivity index (χ3n) is 10.6. The summed E-state index contributed by atoms with van der Waals surface area (Å²) in [5, 5.41) is 0. The predicted octanol–water partition coefficient (Wildman–Crippen LogP) is 17.5. The Bertz CT molecular complexity index is 1200. The maximum atomic E-state index is 12.8. The molecule has 0 aromatic carbocycles. The molecule has 0 N–H and O–H groups in total. The molecular formula is C57H96O5. The van der Waals surface area contributed by atoms with Crippen LogP contribution in [0, 0.1) is 0 Å². The summed E-state index contributed by atoms with van der Waals surface area (Å²) in [6, 6.07) is 0. The van der Waals surface area contributed by atoms with E-state index >= 15 is 0 Å². The molecule has 5 nitrogen and oxygen atoms in total. The molecule has 62 heavy (non-hydrogen) atoms. The highest BCUT2D eigenvalue weighted by molar-refractivity contribution is 5.70. The van der Waals surface area contributed by atoms with Gasteiger partial charge in [-0.05, 0) is 116 Å². The van der Waals surface area contributed by atoms with E-state index in [9.17, 15) is 9.59 Å². The molecule has 0 aliphatic rings. The lowest BCUT2D eigenvalue weighted by Crippen LogP contribution is -2.30. The van der Waals surface area contributed by atoms with Gasteiger partial charge in [0, 0.05) is 19.4 Å². The Morgan fingerprint density at radius 1 is 0.371 bits per heavy atom. The zero-order chi connectivity index (χ0) is 44.9. The van der Waals surface area contributed by atoms with Crippen LogP contribution in [0.15, 0.2) is 97.2 Å². The van der Waals surface area contributed by atoms with E-state index in [-0.39, 0.29) is 25.2 Å². The van der Waals surface area contributed by atoms with Crippen LogP contribution in [0.25, 0.3) is 0 Å². The maximum absolute atomic E-state index is 12.8. The first kappa shape index (κ1) is 58.8. The summed E-state index contributed by atoms with van der Waals surface area (Å²) < 4.78 is 17.4. The molecule has 1 unspecified atom stereocenters. The Hall–Kier alpha value is -3.18. The monoisotopic (exact) mass is 861 g/mol. The molecule has 0 amide bonds. The molecule has 0 aliphatic heterocycles. The first-order chi connectivity index (χ1) is 30.6. The first-order valence-electron chi connectivity index (χ1n) is 25.8. The Morgan fingerprint density at radius 3 is 1.23 bits per heavy atom. The number of ether oxygens (including phenoxy) is 3. The molecule has 0 aromatic heterocycles. The van der Waals surface area contributed by atoms with Gasteiger partial charge in [0.2, 0.25) is 0 Å². The summed E-state index contributed by atoms with van der Waals surface area (Å²) in [5.74, 6) is -0.450. The third kappa shape index (κ3) is 49.5. The molecule has 0 aromatic rings. The van der Waals surface area contributed by atoms with Crippen LogP contribution in [0.3, 0.4) is 0 Å². The molecule has 0 saturated heterocycles. The van der Waals surface area contributed by atoms with Crippen molar-refractivity contribution in [3.8, 4) is 0 Å². The zero-order valence-corrected chi connectivity index (χ0v) is 40.6. The summed E-state index contributed by atoms with van der Waals surface area (Å²) in [6.45, 7) is 7.56. The van der Waals surface area contributed by atoms with Crippen LogP contribution >= 0.6 is 0 Å². The van der Waals surface area contributed by atoms with Crippen molar-refractivity contribution < 1.29 is 23.8 Å². The van der Waals surface area contributed by atoms with Crippen molar-refractivity contribution in [3.63, 3.8) is 0 Å². The summed E-state index contributed by atoms with van der Waals surface area (Å²) >= 11 is 0. The summed E-state index contributed by atoms with van der Waals surface area (Å²) in [5.41, 5.74) is 0. The fraction of sp³-hybridized carbons (Fsp3) is 0.684. The van der Waals surface area contributed by atoms with Gasteiger partial charge < -0.3 is 14.2 Å². The second kappa shape index (κ2) is 52.2. The second-order valence-electron chi connectivity index (χ2n) is 16.7. The number of esters is 2. The van der Waals surface area contributed by atoms with Crippen LogP contribution < -0.4 is 0 Å². The number of unbranched alkanes of at least 4 members (excludes halogenated alkanes) is 19. The lowest BCUT2D eigenvalue weighted by molar-refractivity contribution is -0.163. The van der Waals surface area contributed by atoms with Crippen molar-refractivity contribution in [2.24, 2.45) is 0 Å². The predicted molar refractivity (Wildman–Crippen MR) is 270 cm³/mol. The van der Waals surface area contributed by atoms with Gasteiger partial charge in [-0.15, -0.1) is 0 Å². The Balaban J connectivity index is 4.36. The van der Waals surface area contributed by atoms with Crippen LogP contribution in [0.4, 0.5) is 0 Å². The van der Waals surface area contributed by atoms with Gasteiger partial charge in [-0.25, -0.2) is 0 Å². The minimum Gasteiger partial charge on any atom is -0.462 e. The summed E-state index contributed by atoms with van der Waals surface area (Å²) in [6.07, 6.45) is 69.8. The minimum absolute atomic E-state index is 0.0575. The first-order valence-corrected chi connectivity index (χ1v) is 25.8. The zero-order valence-electron chi connectivity index (χ0n) is 40.6. The topological polar surface area (TPSA) is 61.8 Å². The molecule has 0 bridgehead atoms. The van der Waals surface area contributed by atoms with Gasteiger partial charge >= 0.3 is 11.9 Å². The molecular weight excluding hydrogens is 765 g/mol. The Kier molecular flexibility index (Phi) is 49.5. The van der Waals surface area contributed by atoms with E-state index in [1.807, 2.05) is 0 Å². The van der Waals surface area contributed by atoms with Crippen LogP contribution in [0.2, 0.25) is 0 Å². The lowest BCUT2D eigenvalue weighted by Gasteiger charge is -2.18. The third-order valence-corrected chi connectivity index (χ3v) is 10.6. The minimum atomic E-state index is -0.564. The fourth-order valence-electron chi connectivity index (χ4n) is 6.74. The van der Waals surface area contributed by atoms with Crippen LogP contribution in [-0.4, -0.2) is 37.9 Å². The van der Waals surface area contributed by atoms with E-state index < -0.39 is 6.10 Å². The van der Waals surface area contributed by atoms with E-state index in [1.54, 1.807) is 0 Å². The molecule has 0 radical (unpaired) electrons. The summed E-state index contributed by atoms with van der Waals surface area (Å²) in [7, 11) is 0. The quantitative estimate of drug-likeness (QED) is 0.0347. The van der Waals surface area contributed by atoms with Crippen molar-refractivity contribution in [2.75, 3.05) is 19.8 Å². The number of hydrogen-bond donors (Lipinski definition) is 0. The van der Waals surface area contributed by atoms with E-state index in [0.717, 1.165) is 116 Å². The summed E-state index contributed by atoms with van der Waals surface area (Å²) in [4.78, 5) is 25.4. The molecule has 0 spiro atoms. The van der Waals surface area contributed by atoms with Crippen LogP contribution in [0.5, 0.6) is 0 Å². The Labute approximate surface area is 383 Å².